The zero-order valence-electron chi connectivity index (χ0n) is 17.0. The number of benzene rings is 1. The number of thioether (sulfide) groups is 1. The van der Waals surface area contributed by atoms with Crippen molar-refractivity contribution in [3.05, 3.63) is 34.7 Å². The van der Waals surface area contributed by atoms with Crippen LogP contribution in [-0.2, 0) is 19.1 Å². The predicted octanol–water partition coefficient (Wildman–Crippen LogP) is 2.70. The molecular weight excluding hydrogens is 424 g/mol. The number of rotatable bonds is 6. The van der Waals surface area contributed by atoms with E-state index in [-0.39, 0.29) is 29.3 Å². The smallest absolute Gasteiger partial charge is 0.326 e. The second kappa shape index (κ2) is 10.1. The highest BCUT2D eigenvalue weighted by Gasteiger charge is 2.34. The first-order valence-corrected chi connectivity index (χ1v) is 10.9. The first-order valence-electron chi connectivity index (χ1n) is 9.70. The second-order valence-electron chi connectivity index (χ2n) is 7.27. The van der Waals surface area contributed by atoms with E-state index in [1.807, 2.05) is 12.1 Å². The third kappa shape index (κ3) is 5.60. The minimum atomic E-state index is -0.657. The molecule has 30 heavy (non-hydrogen) atoms. The van der Waals surface area contributed by atoms with Crippen LogP contribution < -0.4 is 4.74 Å². The Kier molecular flexibility index (Phi) is 7.49. The Morgan fingerprint density at radius 2 is 1.90 bits per heavy atom. The van der Waals surface area contributed by atoms with E-state index in [2.05, 4.69) is 6.92 Å². The van der Waals surface area contributed by atoms with Crippen molar-refractivity contribution in [2.45, 2.75) is 19.8 Å². The molecule has 160 valence electrons. The molecule has 0 aromatic heterocycles. The lowest BCUT2D eigenvalue weighted by Crippen LogP contribution is -2.41. The van der Waals surface area contributed by atoms with Crippen LogP contribution in [0, 0.1) is 5.92 Å². The SMILES string of the molecule is COc1ccc(C=C2SC(=S)N(CC(=O)OCC(=O)N3CCC(C)CC3)C2=O)cc1. The van der Waals surface area contributed by atoms with Gasteiger partial charge >= 0.3 is 5.97 Å². The Labute approximate surface area is 185 Å². The van der Waals surface area contributed by atoms with Gasteiger partial charge in [0, 0.05) is 13.1 Å². The fourth-order valence-corrected chi connectivity index (χ4v) is 4.41. The van der Waals surface area contributed by atoms with E-state index in [1.54, 1.807) is 30.2 Å². The summed E-state index contributed by atoms with van der Waals surface area (Å²) in [5, 5.41) is 0. The molecule has 2 heterocycles. The molecule has 2 aliphatic heterocycles. The number of likely N-dealkylation sites (tertiary alicyclic amines) is 1. The van der Waals surface area contributed by atoms with Crippen molar-refractivity contribution < 1.29 is 23.9 Å². The highest BCUT2D eigenvalue weighted by molar-refractivity contribution is 8.26. The highest BCUT2D eigenvalue weighted by atomic mass is 32.2. The van der Waals surface area contributed by atoms with Crippen LogP contribution in [0.4, 0.5) is 0 Å². The van der Waals surface area contributed by atoms with Gasteiger partial charge in [0.2, 0.25) is 0 Å². The summed E-state index contributed by atoms with van der Waals surface area (Å²) in [6.07, 6.45) is 3.62. The molecule has 7 nitrogen and oxygen atoms in total. The van der Waals surface area contributed by atoms with Crippen LogP contribution in [-0.4, -0.2) is 65.3 Å². The Morgan fingerprint density at radius 3 is 2.53 bits per heavy atom. The van der Waals surface area contributed by atoms with Crippen LogP contribution in [0.25, 0.3) is 6.08 Å². The Morgan fingerprint density at radius 1 is 1.23 bits per heavy atom. The fraction of sp³-hybridized carbons (Fsp3) is 0.429. The molecule has 2 fully saturated rings. The van der Waals surface area contributed by atoms with Crippen molar-refractivity contribution >= 4 is 52.2 Å². The maximum absolute atomic E-state index is 12.6. The molecule has 0 radical (unpaired) electrons. The van der Waals surface area contributed by atoms with Gasteiger partial charge in [0.1, 0.15) is 16.6 Å². The molecule has 1 aromatic rings. The zero-order valence-corrected chi connectivity index (χ0v) is 18.6. The van der Waals surface area contributed by atoms with Gasteiger partial charge in [-0.15, -0.1) is 0 Å². The monoisotopic (exact) mass is 448 g/mol. The average Bonchev–Trinajstić information content (AvgIpc) is 3.00. The lowest BCUT2D eigenvalue weighted by molar-refractivity contribution is -0.153. The van der Waals surface area contributed by atoms with Gasteiger partial charge in [-0.05, 0) is 42.5 Å². The summed E-state index contributed by atoms with van der Waals surface area (Å²) in [6.45, 7) is 2.90. The molecule has 0 N–H and O–H groups in total. The first kappa shape index (κ1) is 22.3. The topological polar surface area (TPSA) is 76.2 Å². The number of methoxy groups -OCH3 is 1. The van der Waals surface area contributed by atoms with Gasteiger partial charge in [-0.25, -0.2) is 0 Å². The zero-order chi connectivity index (χ0) is 21.7. The van der Waals surface area contributed by atoms with Crippen molar-refractivity contribution in [1.82, 2.24) is 9.80 Å². The molecule has 0 aliphatic carbocycles. The van der Waals surface area contributed by atoms with Crippen molar-refractivity contribution in [3.8, 4) is 5.75 Å². The number of hydrogen-bond acceptors (Lipinski definition) is 7. The number of amides is 2. The summed E-state index contributed by atoms with van der Waals surface area (Å²) in [6, 6.07) is 7.24. The van der Waals surface area contributed by atoms with Crippen LogP contribution in [0.3, 0.4) is 0 Å². The molecule has 2 amide bonds. The number of carbonyl (C=O) groups is 3. The molecule has 1 aromatic carbocycles. The maximum atomic E-state index is 12.6. The summed E-state index contributed by atoms with van der Waals surface area (Å²) in [5.41, 5.74) is 0.820. The molecule has 0 spiro atoms. The van der Waals surface area contributed by atoms with E-state index < -0.39 is 5.97 Å². The Balaban J connectivity index is 1.52. The summed E-state index contributed by atoms with van der Waals surface area (Å²) >= 11 is 6.37. The third-order valence-electron chi connectivity index (χ3n) is 5.07. The van der Waals surface area contributed by atoms with Gasteiger partial charge in [-0.1, -0.05) is 43.0 Å². The Hall–Kier alpha value is -2.39. The van der Waals surface area contributed by atoms with Gasteiger partial charge in [0.05, 0.1) is 12.0 Å². The third-order valence-corrected chi connectivity index (χ3v) is 6.45. The summed E-state index contributed by atoms with van der Waals surface area (Å²) in [7, 11) is 1.58. The van der Waals surface area contributed by atoms with E-state index in [0.717, 1.165) is 35.9 Å². The molecular formula is C21H24N2O5S2. The molecule has 0 unspecified atom stereocenters. The second-order valence-corrected chi connectivity index (χ2v) is 8.94. The number of ether oxygens (including phenoxy) is 2. The number of thiocarbonyl (C=S) groups is 1. The van der Waals surface area contributed by atoms with Crippen LogP contribution in [0.1, 0.15) is 25.3 Å². The lowest BCUT2D eigenvalue weighted by atomic mass is 9.99. The molecule has 2 saturated heterocycles. The van der Waals surface area contributed by atoms with Gasteiger partial charge in [-0.2, -0.15) is 0 Å². The lowest BCUT2D eigenvalue weighted by Gasteiger charge is -2.30. The van der Waals surface area contributed by atoms with Crippen molar-refractivity contribution in [3.63, 3.8) is 0 Å². The number of esters is 1. The Bertz CT molecular complexity index is 861. The number of hydrogen-bond donors (Lipinski definition) is 0. The van der Waals surface area contributed by atoms with Crippen molar-refractivity contribution in [2.75, 3.05) is 33.4 Å². The summed E-state index contributed by atoms with van der Waals surface area (Å²) in [4.78, 5) is 40.3. The van der Waals surface area contributed by atoms with E-state index in [0.29, 0.717) is 23.9 Å². The molecule has 2 aliphatic rings. The van der Waals surface area contributed by atoms with Gasteiger partial charge in [0.15, 0.2) is 6.61 Å². The van der Waals surface area contributed by atoms with Gasteiger partial charge < -0.3 is 14.4 Å². The largest absolute Gasteiger partial charge is 0.497 e. The van der Waals surface area contributed by atoms with Crippen molar-refractivity contribution in [2.24, 2.45) is 5.92 Å². The maximum Gasteiger partial charge on any atom is 0.326 e. The van der Waals surface area contributed by atoms with E-state index >= 15 is 0 Å². The van der Waals surface area contributed by atoms with E-state index in [1.165, 1.54) is 4.90 Å². The van der Waals surface area contributed by atoms with Crippen LogP contribution in [0.15, 0.2) is 29.2 Å². The molecule has 0 bridgehead atoms. The standard InChI is InChI=1S/C21H24N2O5S2/c1-14-7-9-22(10-8-14)18(24)13-28-19(25)12-23-20(26)17(30-21(23)29)11-15-3-5-16(27-2)6-4-15/h3-6,11,14H,7-10,12-13H2,1-2H3. The van der Waals surface area contributed by atoms with Gasteiger partial charge in [-0.3, -0.25) is 19.3 Å². The number of nitrogens with zero attached hydrogens (tertiary/aromatic N) is 2. The quantitative estimate of drug-likeness (QED) is 0.376. The highest BCUT2D eigenvalue weighted by Crippen LogP contribution is 2.32. The summed E-state index contributed by atoms with van der Waals surface area (Å²) < 4.78 is 10.5. The minimum absolute atomic E-state index is 0.208. The number of carbonyl (C=O) groups excluding carboxylic acids is 3. The van der Waals surface area contributed by atoms with E-state index in [9.17, 15) is 14.4 Å². The fourth-order valence-electron chi connectivity index (χ4n) is 3.15. The normalized spacial score (nSPS) is 18.8. The van der Waals surface area contributed by atoms with Crippen LogP contribution in [0.2, 0.25) is 0 Å². The molecule has 0 atom stereocenters. The van der Waals surface area contributed by atoms with E-state index in [4.69, 9.17) is 21.7 Å². The average molecular weight is 449 g/mol. The molecule has 0 saturated carbocycles. The van der Waals surface area contributed by atoms with Crippen LogP contribution >= 0.6 is 24.0 Å². The molecule has 9 heteroatoms. The minimum Gasteiger partial charge on any atom is -0.497 e. The van der Waals surface area contributed by atoms with Crippen LogP contribution in [0.5, 0.6) is 5.75 Å². The van der Waals surface area contributed by atoms with Crippen molar-refractivity contribution in [1.29, 1.82) is 0 Å². The summed E-state index contributed by atoms with van der Waals surface area (Å²) in [5.74, 6) is 0.109. The number of piperidine rings is 1. The van der Waals surface area contributed by atoms with Gasteiger partial charge in [0.25, 0.3) is 11.8 Å². The first-order chi connectivity index (χ1) is 14.4. The predicted molar refractivity (Wildman–Crippen MR) is 119 cm³/mol. The molecule has 3 rings (SSSR count).